The van der Waals surface area contributed by atoms with Crippen LogP contribution in [0.1, 0.15) is 63.0 Å². The molecule has 1 aliphatic heterocycles. The molecule has 2 aliphatic carbocycles. The van der Waals surface area contributed by atoms with Crippen LogP contribution in [0.5, 0.6) is 5.75 Å². The molecular formula is C23H30F3NO4. The highest BCUT2D eigenvalue weighted by Gasteiger charge is 2.51. The number of alkyl halides is 3. The molecule has 0 unspecified atom stereocenters. The van der Waals surface area contributed by atoms with Gasteiger partial charge in [0.1, 0.15) is 5.75 Å². The molecule has 3 atom stereocenters. The van der Waals surface area contributed by atoms with Crippen LogP contribution in [0, 0.1) is 5.92 Å². The molecule has 1 saturated carbocycles. The molecule has 0 spiro atoms. The lowest BCUT2D eigenvalue weighted by atomic mass is 9.53. The summed E-state index contributed by atoms with van der Waals surface area (Å²) < 4.78 is 42.1. The topological polar surface area (TPSA) is 64.6 Å². The first-order chi connectivity index (χ1) is 14.8. The molecule has 3 aliphatic rings. The largest absolute Gasteiger partial charge is 0.457 e. The monoisotopic (exact) mass is 441 g/mol. The second kappa shape index (κ2) is 10.0. The highest BCUT2D eigenvalue weighted by molar-refractivity contribution is 5.69. The maximum atomic E-state index is 11.5. The standard InChI is InChI=1S/C21H29NO3.C2HF3O/c1-2-5-20(23)25-14-24-16-8-7-15-12-19-17-6-3-4-9-21(17,10-11-22-19)18(15)13-16;3-2(4,5)1-6/h7-8,13,17,19,22H,2-6,9-12,14H2,1H3;1H/t17-,19+,21+;/m1./s1. The third-order valence-corrected chi connectivity index (χ3v) is 6.65. The third-order valence-electron chi connectivity index (χ3n) is 6.65. The van der Waals surface area contributed by atoms with Gasteiger partial charge in [0, 0.05) is 17.9 Å². The van der Waals surface area contributed by atoms with Gasteiger partial charge in [0.05, 0.1) is 0 Å². The van der Waals surface area contributed by atoms with Gasteiger partial charge in [-0.1, -0.05) is 25.8 Å². The summed E-state index contributed by atoms with van der Waals surface area (Å²) in [6.45, 7) is 3.11. The fourth-order valence-electron chi connectivity index (χ4n) is 5.43. The number of rotatable bonds is 5. The zero-order chi connectivity index (χ0) is 22.5. The number of benzene rings is 1. The average Bonchev–Trinajstić information content (AvgIpc) is 2.74. The Morgan fingerprint density at radius 1 is 1.29 bits per heavy atom. The van der Waals surface area contributed by atoms with E-state index in [1.165, 1.54) is 43.2 Å². The first kappa shape index (κ1) is 23.6. The Kier molecular flexibility index (Phi) is 7.62. The summed E-state index contributed by atoms with van der Waals surface area (Å²) in [5, 5.41) is 3.77. The molecule has 2 fully saturated rings. The SMILES string of the molecule is CCCC(=O)OCOc1ccc2c(c1)[C@]13CCCC[C@@H]1[C@H](C2)NCC3.O=CC(F)(F)F. The van der Waals surface area contributed by atoms with Gasteiger partial charge < -0.3 is 14.8 Å². The number of carbonyl (C=O) groups excluding carboxylic acids is 2. The van der Waals surface area contributed by atoms with E-state index < -0.39 is 12.5 Å². The van der Waals surface area contributed by atoms with E-state index in [9.17, 15) is 18.0 Å². The minimum absolute atomic E-state index is 0.0121. The molecule has 1 saturated heterocycles. The van der Waals surface area contributed by atoms with Crippen molar-refractivity contribution in [1.29, 1.82) is 0 Å². The van der Waals surface area contributed by atoms with Crippen LogP contribution in [0.4, 0.5) is 13.2 Å². The number of ether oxygens (including phenoxy) is 2. The van der Waals surface area contributed by atoms with E-state index >= 15 is 0 Å². The Labute approximate surface area is 180 Å². The number of piperidine rings is 1. The third kappa shape index (κ3) is 5.59. The fraction of sp³-hybridized carbons (Fsp3) is 0.652. The number of esters is 1. The molecule has 2 bridgehead atoms. The molecule has 0 radical (unpaired) electrons. The van der Waals surface area contributed by atoms with Crippen molar-refractivity contribution in [3.05, 3.63) is 29.3 Å². The second-order valence-corrected chi connectivity index (χ2v) is 8.53. The van der Waals surface area contributed by atoms with Crippen molar-refractivity contribution >= 4 is 12.3 Å². The Bertz CT molecular complexity index is 779. The van der Waals surface area contributed by atoms with E-state index in [0.29, 0.717) is 17.9 Å². The Balaban J connectivity index is 0.000000401. The van der Waals surface area contributed by atoms with Crippen LogP contribution in [0.15, 0.2) is 18.2 Å². The summed E-state index contributed by atoms with van der Waals surface area (Å²) in [6, 6.07) is 7.14. The highest BCUT2D eigenvalue weighted by atomic mass is 19.4. The molecule has 1 aromatic rings. The molecular weight excluding hydrogens is 411 g/mol. The molecule has 8 heteroatoms. The summed E-state index contributed by atoms with van der Waals surface area (Å²) in [5.41, 5.74) is 3.32. The van der Waals surface area contributed by atoms with Gasteiger partial charge in [0.15, 0.2) is 0 Å². The number of aldehydes is 1. The van der Waals surface area contributed by atoms with E-state index in [4.69, 9.17) is 14.3 Å². The lowest BCUT2D eigenvalue weighted by Gasteiger charge is -2.56. The number of halogens is 3. The van der Waals surface area contributed by atoms with E-state index in [1.54, 1.807) is 0 Å². The van der Waals surface area contributed by atoms with Crippen molar-refractivity contribution in [1.82, 2.24) is 5.32 Å². The Hall–Kier alpha value is -2.09. The summed E-state index contributed by atoms with van der Waals surface area (Å²) in [7, 11) is 0. The van der Waals surface area contributed by atoms with Crippen molar-refractivity contribution in [2.24, 2.45) is 5.92 Å². The summed E-state index contributed by atoms with van der Waals surface area (Å²) >= 11 is 0. The van der Waals surface area contributed by atoms with E-state index in [-0.39, 0.29) is 12.8 Å². The van der Waals surface area contributed by atoms with Crippen molar-refractivity contribution in [3.63, 3.8) is 0 Å². The first-order valence-corrected chi connectivity index (χ1v) is 11.0. The minimum atomic E-state index is -4.64. The Morgan fingerprint density at radius 2 is 2.06 bits per heavy atom. The van der Waals surface area contributed by atoms with Crippen molar-refractivity contribution < 1.29 is 32.2 Å². The van der Waals surface area contributed by atoms with Crippen LogP contribution >= 0.6 is 0 Å². The quantitative estimate of drug-likeness (QED) is 0.415. The summed E-state index contributed by atoms with van der Waals surface area (Å²) in [6.07, 6.45) is 3.26. The van der Waals surface area contributed by atoms with Gasteiger partial charge in [-0.15, -0.1) is 0 Å². The van der Waals surface area contributed by atoms with E-state index in [2.05, 4.69) is 17.4 Å². The number of hydrogen-bond donors (Lipinski definition) is 1. The highest BCUT2D eigenvalue weighted by Crippen LogP contribution is 2.54. The normalized spacial score (nSPS) is 26.5. The average molecular weight is 441 g/mol. The zero-order valence-corrected chi connectivity index (χ0v) is 17.8. The van der Waals surface area contributed by atoms with Crippen LogP contribution in [0.25, 0.3) is 0 Å². The lowest BCUT2D eigenvalue weighted by molar-refractivity contribution is -0.156. The fourth-order valence-corrected chi connectivity index (χ4v) is 5.43. The number of hydrogen-bond acceptors (Lipinski definition) is 5. The Morgan fingerprint density at radius 3 is 2.77 bits per heavy atom. The van der Waals surface area contributed by atoms with Crippen molar-refractivity contribution in [2.75, 3.05) is 13.3 Å². The molecule has 172 valence electrons. The van der Waals surface area contributed by atoms with Gasteiger partial charge in [-0.2, -0.15) is 13.2 Å². The van der Waals surface area contributed by atoms with E-state index in [1.807, 2.05) is 13.0 Å². The molecule has 0 amide bonds. The summed E-state index contributed by atoms with van der Waals surface area (Å²) in [5.74, 6) is 1.41. The van der Waals surface area contributed by atoms with Gasteiger partial charge in [-0.05, 0) is 67.8 Å². The zero-order valence-electron chi connectivity index (χ0n) is 17.8. The second-order valence-electron chi connectivity index (χ2n) is 8.53. The minimum Gasteiger partial charge on any atom is -0.457 e. The number of nitrogens with one attached hydrogen (secondary N) is 1. The predicted octanol–water partition coefficient (Wildman–Crippen LogP) is 4.46. The molecule has 5 nitrogen and oxygen atoms in total. The molecule has 1 N–H and O–H groups in total. The van der Waals surface area contributed by atoms with Gasteiger partial charge in [0.25, 0.3) is 0 Å². The summed E-state index contributed by atoms with van der Waals surface area (Å²) in [4.78, 5) is 20.2. The van der Waals surface area contributed by atoms with Gasteiger partial charge in [-0.25, -0.2) is 0 Å². The van der Waals surface area contributed by atoms with Crippen LogP contribution in [-0.4, -0.2) is 37.8 Å². The van der Waals surface area contributed by atoms with Gasteiger partial charge in [0.2, 0.25) is 13.1 Å². The predicted molar refractivity (Wildman–Crippen MR) is 109 cm³/mol. The van der Waals surface area contributed by atoms with Crippen molar-refractivity contribution in [3.8, 4) is 5.75 Å². The molecule has 1 aromatic carbocycles. The van der Waals surface area contributed by atoms with Crippen LogP contribution in [0.3, 0.4) is 0 Å². The van der Waals surface area contributed by atoms with Crippen LogP contribution in [-0.2, 0) is 26.2 Å². The van der Waals surface area contributed by atoms with Crippen molar-refractivity contribution in [2.45, 2.75) is 75.9 Å². The van der Waals surface area contributed by atoms with Gasteiger partial charge in [-0.3, -0.25) is 9.59 Å². The van der Waals surface area contributed by atoms with E-state index in [0.717, 1.165) is 31.1 Å². The molecule has 31 heavy (non-hydrogen) atoms. The lowest BCUT2D eigenvalue weighted by Crippen LogP contribution is -2.59. The van der Waals surface area contributed by atoms with Gasteiger partial charge >= 0.3 is 12.1 Å². The molecule has 0 aromatic heterocycles. The maximum Gasteiger partial charge on any atom is 0.446 e. The van der Waals surface area contributed by atoms with Crippen LogP contribution < -0.4 is 10.1 Å². The molecule has 4 rings (SSSR count). The maximum absolute atomic E-state index is 11.5. The molecule has 1 heterocycles. The van der Waals surface area contributed by atoms with Crippen LogP contribution in [0.2, 0.25) is 0 Å². The number of carbonyl (C=O) groups is 2. The number of fused-ring (bicyclic) bond motifs is 1. The smallest absolute Gasteiger partial charge is 0.446 e. The first-order valence-electron chi connectivity index (χ1n) is 11.0.